The van der Waals surface area contributed by atoms with Gasteiger partial charge in [0, 0.05) is 37.7 Å². The van der Waals surface area contributed by atoms with E-state index >= 15 is 0 Å². The average molecular weight is 546 g/mol. The number of nitrogens with zero attached hydrogens (tertiary/aromatic N) is 5. The summed E-state index contributed by atoms with van der Waals surface area (Å²) in [5.41, 5.74) is 1.59. The van der Waals surface area contributed by atoms with Gasteiger partial charge in [0.15, 0.2) is 30.9 Å². The van der Waals surface area contributed by atoms with Crippen molar-refractivity contribution < 1.29 is 29.3 Å². The monoisotopic (exact) mass is 546 g/mol. The van der Waals surface area contributed by atoms with Crippen LogP contribution in [0.5, 0.6) is 5.75 Å². The van der Waals surface area contributed by atoms with Crippen molar-refractivity contribution in [1.29, 1.82) is 0 Å². The quantitative estimate of drug-likeness (QED) is 0.185. The van der Waals surface area contributed by atoms with Crippen LogP contribution >= 0.6 is 0 Å². The Hall–Kier alpha value is -4.50. The molecule has 14 nitrogen and oxygen atoms in total. The van der Waals surface area contributed by atoms with Crippen LogP contribution in [0.1, 0.15) is 40.2 Å². The maximum Gasteiger partial charge on any atom is 0.277 e. The molecule has 40 heavy (non-hydrogen) atoms. The Morgan fingerprint density at radius 2 is 1.88 bits per heavy atom. The molecule has 5 rings (SSSR count). The second kappa shape index (κ2) is 10.6. The third-order valence-electron chi connectivity index (χ3n) is 6.51. The van der Waals surface area contributed by atoms with Crippen LogP contribution in [-0.2, 0) is 11.8 Å². The van der Waals surface area contributed by atoms with Gasteiger partial charge >= 0.3 is 0 Å². The highest BCUT2D eigenvalue weighted by Gasteiger charge is 2.31. The minimum Gasteiger partial charge on any atom is -0.494 e. The van der Waals surface area contributed by atoms with Crippen molar-refractivity contribution in [2.45, 2.75) is 25.1 Å². The lowest BCUT2D eigenvalue weighted by molar-refractivity contribution is -0.117. The summed E-state index contributed by atoms with van der Waals surface area (Å²) in [4.78, 5) is 39.6. The van der Waals surface area contributed by atoms with Crippen LogP contribution in [0.15, 0.2) is 30.3 Å². The highest BCUT2D eigenvalue weighted by molar-refractivity contribution is 6.15. The molecule has 0 atom stereocenters. The molecule has 15 heteroatoms. The number of carbonyl (C=O) groups is 3. The summed E-state index contributed by atoms with van der Waals surface area (Å²) in [6, 6.07) is 8.23. The Labute approximate surface area is 230 Å². The largest absolute Gasteiger partial charge is 0.494 e. The van der Waals surface area contributed by atoms with Gasteiger partial charge in [-0.3, -0.25) is 19.1 Å². The van der Waals surface area contributed by atoms with Crippen LogP contribution in [0.3, 0.4) is 0 Å². The first-order chi connectivity index (χ1) is 19.0. The number of carbonyl (C=O) groups excluding carboxylic acids is 3. The van der Waals surface area contributed by atoms with E-state index in [0.717, 1.165) is 19.3 Å². The number of hydrogen-bond acceptors (Lipinski definition) is 10. The van der Waals surface area contributed by atoms with Crippen molar-refractivity contribution in [2.24, 2.45) is 13.0 Å². The van der Waals surface area contributed by atoms with Gasteiger partial charge in [0.2, 0.25) is 5.91 Å². The van der Waals surface area contributed by atoms with Gasteiger partial charge in [-0.1, -0.05) is 6.07 Å². The summed E-state index contributed by atoms with van der Waals surface area (Å²) in [5, 5.41) is 38.7. The van der Waals surface area contributed by atoms with Crippen LogP contribution in [-0.4, -0.2) is 86.7 Å². The lowest BCUT2D eigenvalue weighted by Crippen LogP contribution is -2.49. The number of benzene rings is 1. The molecule has 1 saturated heterocycles. The summed E-state index contributed by atoms with van der Waals surface area (Å²) in [6.45, 7) is 1.41. The highest BCUT2D eigenvalue weighted by Crippen LogP contribution is 2.38. The second-order valence-corrected chi connectivity index (χ2v) is 9.63. The van der Waals surface area contributed by atoms with Gasteiger partial charge in [0.05, 0.1) is 24.2 Å². The molecule has 1 saturated carbocycles. The predicted molar refractivity (Wildman–Crippen MR) is 143 cm³/mol. The van der Waals surface area contributed by atoms with Crippen LogP contribution in [0.25, 0.3) is 11.3 Å². The molecular formula is C25H27BN8O6. The third kappa shape index (κ3) is 5.74. The number of aryl methyl sites for hydroxylation is 1. The zero-order chi connectivity index (χ0) is 28.6. The second-order valence-electron chi connectivity index (χ2n) is 9.63. The van der Waals surface area contributed by atoms with E-state index in [4.69, 9.17) is 12.6 Å². The maximum atomic E-state index is 12.8. The molecule has 206 valence electrons. The zero-order valence-corrected chi connectivity index (χ0v) is 21.8. The summed E-state index contributed by atoms with van der Waals surface area (Å²) in [5.74, 6) is -4.06. The average Bonchev–Trinajstić information content (AvgIpc) is 3.63. The first kappa shape index (κ1) is 27.1. The van der Waals surface area contributed by atoms with E-state index in [2.05, 4.69) is 25.9 Å². The van der Waals surface area contributed by atoms with E-state index in [-0.39, 0.29) is 34.9 Å². The minimum absolute atomic E-state index is 0.0629. The Morgan fingerprint density at radius 3 is 2.50 bits per heavy atom. The summed E-state index contributed by atoms with van der Waals surface area (Å²) >= 11 is 0. The third-order valence-corrected chi connectivity index (χ3v) is 6.51. The molecule has 3 heterocycles. The van der Waals surface area contributed by atoms with Gasteiger partial charge in [0.25, 0.3) is 11.8 Å². The Morgan fingerprint density at radius 1 is 1.12 bits per heavy atom. The first-order valence-electron chi connectivity index (χ1n) is 12.6. The molecule has 3 amide bonds. The van der Waals surface area contributed by atoms with Crippen molar-refractivity contribution in [3.05, 3.63) is 41.7 Å². The maximum absolute atomic E-state index is 12.8. The summed E-state index contributed by atoms with van der Waals surface area (Å²) < 4.78 is 7.21. The van der Waals surface area contributed by atoms with Crippen molar-refractivity contribution in [1.82, 2.24) is 30.2 Å². The van der Waals surface area contributed by atoms with E-state index < -0.39 is 11.7 Å². The van der Waals surface area contributed by atoms with E-state index in [1.165, 1.54) is 17.9 Å². The number of rotatable bonds is 9. The van der Waals surface area contributed by atoms with Crippen molar-refractivity contribution in [3.63, 3.8) is 0 Å². The normalized spacial score (nSPS) is 14.8. The Bertz CT molecular complexity index is 1480. The smallest absolute Gasteiger partial charge is 0.277 e. The summed E-state index contributed by atoms with van der Waals surface area (Å²) in [6.07, 6.45) is 2.52. The van der Waals surface area contributed by atoms with Crippen LogP contribution < -0.4 is 20.7 Å². The van der Waals surface area contributed by atoms with E-state index in [1.807, 2.05) is 0 Å². The van der Waals surface area contributed by atoms with E-state index in [1.54, 1.807) is 41.5 Å². The van der Waals surface area contributed by atoms with Gasteiger partial charge in [-0.15, -0.1) is 10.2 Å². The van der Waals surface area contributed by atoms with Crippen molar-refractivity contribution in [3.8, 4) is 17.0 Å². The fourth-order valence-electron chi connectivity index (χ4n) is 4.20. The van der Waals surface area contributed by atoms with E-state index in [0.29, 0.717) is 41.5 Å². The van der Waals surface area contributed by atoms with Gasteiger partial charge in [0.1, 0.15) is 5.69 Å². The number of hydrogen-bond donors (Lipinski definition) is 5. The number of nitrogens with one attached hydrogen (secondary N) is 3. The molecule has 0 spiro atoms. The van der Waals surface area contributed by atoms with Crippen molar-refractivity contribution in [2.75, 3.05) is 30.8 Å². The van der Waals surface area contributed by atoms with Crippen molar-refractivity contribution >= 4 is 42.8 Å². The molecule has 1 aromatic carbocycles. The van der Waals surface area contributed by atoms with Crippen LogP contribution in [0.2, 0.25) is 0 Å². The van der Waals surface area contributed by atoms with Gasteiger partial charge < -0.3 is 35.8 Å². The van der Waals surface area contributed by atoms with Gasteiger partial charge in [-0.05, 0) is 37.5 Å². The number of aromatic nitrogens is 4. The fraction of sp³-hybridized carbons (Fsp3) is 0.360. The van der Waals surface area contributed by atoms with E-state index in [9.17, 15) is 24.6 Å². The number of aliphatic hydroxyl groups is 2. The molecule has 2 fully saturated rings. The van der Waals surface area contributed by atoms with Gasteiger partial charge in [-0.2, -0.15) is 5.10 Å². The number of amides is 3. The lowest BCUT2D eigenvalue weighted by Gasteiger charge is -2.30. The minimum atomic E-state index is -3.00. The number of likely N-dealkylation sites (tertiary alicyclic amines) is 1. The number of ether oxygens (including phenoxy) is 1. The topological polar surface area (TPSA) is 184 Å². The highest BCUT2D eigenvalue weighted by atomic mass is 16.5. The molecular weight excluding hydrogens is 519 g/mol. The fourth-order valence-corrected chi connectivity index (χ4v) is 4.20. The Balaban J connectivity index is 1.50. The molecule has 1 aliphatic heterocycles. The predicted octanol–water partition coefficient (Wildman–Crippen LogP) is 0.318. The standard InChI is InChI=1S/C25H27BN8O6/c1-33-18(24(37)34-9-4-10-34)11-16(32-33)14-5-3-6-15(21(14)40-2)27-17-12-19(28-22(35)13-7-8-13)30-31-20(17)23(36)29-25(26,38)39/h3,5-6,11-13,38-39H,4,7-10H2,1-2H3,(H,29,36)(H2,27,28,30,35). The molecule has 2 aromatic heterocycles. The molecule has 2 aliphatic rings. The summed E-state index contributed by atoms with van der Waals surface area (Å²) in [7, 11) is 8.25. The van der Waals surface area contributed by atoms with Gasteiger partial charge in [-0.25, -0.2) is 0 Å². The molecule has 3 aromatic rings. The number of anilines is 3. The zero-order valence-electron chi connectivity index (χ0n) is 21.8. The molecule has 2 radical (unpaired) electrons. The number of methoxy groups -OCH3 is 1. The SMILES string of the molecule is [B]C(O)(O)NC(=O)c1nnc(NC(=O)C2CC2)cc1Nc1cccc(-c2cc(C(=O)N3CCC3)n(C)n2)c1OC. The number of para-hydroxylation sites is 1. The molecule has 1 aliphatic carbocycles. The van der Waals surface area contributed by atoms with Crippen LogP contribution in [0.4, 0.5) is 17.2 Å². The lowest BCUT2D eigenvalue weighted by atomic mass is 10.0. The molecule has 5 N–H and O–H groups in total. The first-order valence-corrected chi connectivity index (χ1v) is 12.6. The van der Waals surface area contributed by atoms with Crippen LogP contribution in [0, 0.1) is 5.92 Å². The molecule has 0 unspecified atom stereocenters. The molecule has 0 bridgehead atoms. The Kier molecular flexibility index (Phi) is 7.16.